The Kier molecular flexibility index (Phi) is 21.6. The maximum Gasteiger partial charge on any atom is 0.269 e. The van der Waals surface area contributed by atoms with Crippen LogP contribution in [0.5, 0.6) is 0 Å². The van der Waals surface area contributed by atoms with Crippen LogP contribution in [0.15, 0.2) is 72.8 Å². The van der Waals surface area contributed by atoms with Crippen molar-refractivity contribution in [3.63, 3.8) is 0 Å². The Morgan fingerprint density at radius 1 is 0.711 bits per heavy atom. The molecule has 0 spiro atoms. The highest BCUT2D eigenvalue weighted by Crippen LogP contribution is 2.37. The van der Waals surface area contributed by atoms with Gasteiger partial charge in [-0.1, -0.05) is 91.5 Å². The highest BCUT2D eigenvalue weighted by molar-refractivity contribution is 6.74. The summed E-state index contributed by atoms with van der Waals surface area (Å²) in [5.41, 5.74) is 14.4. The first-order valence-electron chi connectivity index (χ1n) is 23.9. The average molecular weight is 1130 g/mol. The molecule has 6 aromatic rings. The van der Waals surface area contributed by atoms with Crippen LogP contribution in [-0.4, -0.2) is 117 Å². The van der Waals surface area contributed by atoms with Gasteiger partial charge in [0.15, 0.2) is 19.7 Å². The third-order valence-electron chi connectivity index (χ3n) is 13.0. The van der Waals surface area contributed by atoms with Crippen molar-refractivity contribution in [1.82, 2.24) is 40.0 Å². The van der Waals surface area contributed by atoms with Crippen LogP contribution in [-0.2, 0) is 49.8 Å². The van der Waals surface area contributed by atoms with E-state index in [2.05, 4.69) is 54.7 Å². The van der Waals surface area contributed by atoms with Gasteiger partial charge >= 0.3 is 0 Å². The molecule has 410 valence electrons. The van der Waals surface area contributed by atoms with Crippen LogP contribution >= 0.6 is 35.6 Å². The highest BCUT2D eigenvalue weighted by Gasteiger charge is 2.38. The summed E-state index contributed by atoms with van der Waals surface area (Å²) in [5, 5.41) is 24.3. The second-order valence-corrected chi connectivity index (χ2v) is 25.4. The maximum atomic E-state index is 14.3. The van der Waals surface area contributed by atoms with Crippen LogP contribution in [0.25, 0.3) is 21.8 Å². The minimum absolute atomic E-state index is 0. The number of halogens is 5. The Morgan fingerprint density at radius 3 is 1.47 bits per heavy atom. The molecule has 6 rings (SSSR count). The summed E-state index contributed by atoms with van der Waals surface area (Å²) >= 11 is 11.6. The summed E-state index contributed by atoms with van der Waals surface area (Å²) in [7, 11) is -2.15. The zero-order valence-corrected chi connectivity index (χ0v) is 47.1. The summed E-state index contributed by atoms with van der Waals surface area (Å²) in [6.45, 7) is 16.2. The predicted molar refractivity (Wildman–Crippen MR) is 292 cm³/mol. The molecule has 4 aromatic carbocycles. The van der Waals surface area contributed by atoms with Crippen LogP contribution in [0.3, 0.4) is 0 Å². The van der Waals surface area contributed by atoms with Crippen molar-refractivity contribution >= 4 is 101 Å². The third kappa shape index (κ3) is 15.6. The van der Waals surface area contributed by atoms with Gasteiger partial charge < -0.3 is 41.4 Å². The lowest BCUT2D eigenvalue weighted by molar-refractivity contribution is -0.139. The van der Waals surface area contributed by atoms with Crippen molar-refractivity contribution in [3.8, 4) is 0 Å². The monoisotopic (exact) mass is 1130 g/mol. The molecule has 7 N–H and O–H groups in total. The Labute approximate surface area is 456 Å². The van der Waals surface area contributed by atoms with E-state index in [0.29, 0.717) is 21.8 Å². The molecule has 0 aliphatic carbocycles. The summed E-state index contributed by atoms with van der Waals surface area (Å²) < 4.78 is 37.5. The third-order valence-corrected chi connectivity index (χ3v) is 18.0. The lowest BCUT2D eigenvalue weighted by Crippen LogP contribution is -2.50. The quantitative estimate of drug-likeness (QED) is 0.0491. The molecule has 18 nitrogen and oxygen atoms in total. The number of nitrogens with zero attached hydrogens (tertiary/aromatic N) is 6. The topological polar surface area (TPSA) is 250 Å². The molecule has 76 heavy (non-hydrogen) atoms. The normalized spacial score (nSPS) is 12.2. The van der Waals surface area contributed by atoms with E-state index in [1.165, 1.54) is 43.4 Å². The number of fused-ring (bicyclic) bond motifs is 2. The molecule has 0 unspecified atom stereocenters. The van der Waals surface area contributed by atoms with Crippen molar-refractivity contribution in [1.29, 1.82) is 0 Å². The van der Waals surface area contributed by atoms with Gasteiger partial charge in [-0.25, -0.2) is 8.78 Å². The predicted octanol–water partition coefficient (Wildman–Crippen LogP) is 6.98. The van der Waals surface area contributed by atoms with Crippen molar-refractivity contribution in [2.24, 2.45) is 11.5 Å². The lowest BCUT2D eigenvalue weighted by Gasteiger charge is -2.38. The van der Waals surface area contributed by atoms with Gasteiger partial charge in [0.05, 0.1) is 59.5 Å². The number of nitrogens with two attached hydrogens (primary N) is 2. The maximum absolute atomic E-state index is 14.3. The minimum atomic E-state index is -2.15. The van der Waals surface area contributed by atoms with Gasteiger partial charge in [0.2, 0.25) is 23.6 Å². The Morgan fingerprint density at radius 2 is 1.11 bits per heavy atom. The second-order valence-electron chi connectivity index (χ2n) is 19.8. The number of primary amides is 2. The Balaban J connectivity index is 0.000000330. The van der Waals surface area contributed by atoms with Gasteiger partial charge in [0.25, 0.3) is 11.8 Å². The molecule has 0 aliphatic heterocycles. The molecule has 0 aliphatic rings. The summed E-state index contributed by atoms with van der Waals surface area (Å²) in [5.74, 6) is -4.60. The Bertz CT molecular complexity index is 3110. The number of carbonyl (C=O) groups is 6. The van der Waals surface area contributed by atoms with E-state index in [0.717, 1.165) is 11.1 Å². The summed E-state index contributed by atoms with van der Waals surface area (Å²) in [4.78, 5) is 78.8. The molecule has 2 aromatic heterocycles. The van der Waals surface area contributed by atoms with Crippen LogP contribution in [0.1, 0.15) is 77.8 Å². The van der Waals surface area contributed by atoms with Crippen molar-refractivity contribution in [2.75, 3.05) is 26.3 Å². The van der Waals surface area contributed by atoms with Gasteiger partial charge in [0, 0.05) is 35.0 Å². The Hall–Kier alpha value is -6.49. The first-order valence-corrected chi connectivity index (χ1v) is 27.6. The number of aliphatic hydroxyl groups is 1. The van der Waals surface area contributed by atoms with E-state index >= 15 is 0 Å². The van der Waals surface area contributed by atoms with Crippen LogP contribution in [0.2, 0.25) is 28.2 Å². The fourth-order valence-corrected chi connectivity index (χ4v) is 9.00. The molecule has 2 atom stereocenters. The standard InChI is InChI=1S/C29H39ClFN5O4Si.C23H25ClFN5O4.ClH/c1-18-11-12-23-21(13-18)27(28(32)39)34-36(23)16-25(38)35(19(2)17-40-41(6,7)29(3,4)5)15-24(37)33-14-20-9-8-10-22(30)26(20)31;1-13-6-7-18-16(8-13)22(23(26)34)28-30(18)11-20(33)29(14(2)12-31)10-19(32)27-9-15-4-3-5-17(24)21(15)25;/h8-13,19H,14-17H2,1-7H3,(H2,32,39)(H,33,37);3-8,14,31H,9-12H2,1-2H3,(H2,26,34)(H,27,32);1H/t19-;14-;/m11./s1. The number of hydrogen-bond donors (Lipinski definition) is 5. The van der Waals surface area contributed by atoms with Crippen molar-refractivity contribution in [2.45, 2.75) is 105 Å². The van der Waals surface area contributed by atoms with Gasteiger partial charge in [-0.15, -0.1) is 12.4 Å². The molecular formula is C52H65Cl3F2N10O8Si. The van der Waals surface area contributed by atoms with E-state index in [1.807, 2.05) is 32.9 Å². The van der Waals surface area contributed by atoms with E-state index in [-0.39, 0.29) is 102 Å². The minimum Gasteiger partial charge on any atom is -0.415 e. The number of amides is 6. The number of hydrogen-bond acceptors (Lipinski definition) is 10. The smallest absolute Gasteiger partial charge is 0.269 e. The van der Waals surface area contributed by atoms with E-state index in [9.17, 15) is 42.7 Å². The largest absolute Gasteiger partial charge is 0.415 e. The number of nitrogens with one attached hydrogen (secondary N) is 2. The molecule has 0 saturated carbocycles. The second kappa shape index (κ2) is 26.5. The fraction of sp³-hybridized carbons (Fsp3) is 0.385. The zero-order chi connectivity index (χ0) is 55.7. The van der Waals surface area contributed by atoms with E-state index < -0.39 is 67.5 Å². The zero-order valence-electron chi connectivity index (χ0n) is 43.8. The van der Waals surface area contributed by atoms with Crippen molar-refractivity contribution < 1.29 is 47.1 Å². The summed E-state index contributed by atoms with van der Waals surface area (Å²) in [6, 6.07) is 18.6. The van der Waals surface area contributed by atoms with Crippen LogP contribution < -0.4 is 22.1 Å². The number of aromatic nitrogens is 4. The molecule has 2 heterocycles. The first kappa shape index (κ1) is 62.0. The number of benzene rings is 4. The van der Waals surface area contributed by atoms with Gasteiger partial charge in [-0.2, -0.15) is 10.2 Å². The van der Waals surface area contributed by atoms with Gasteiger partial charge in [-0.05, 0) is 82.2 Å². The van der Waals surface area contributed by atoms with Crippen LogP contribution in [0.4, 0.5) is 8.78 Å². The average Bonchev–Trinajstić information content (AvgIpc) is 3.89. The highest BCUT2D eigenvalue weighted by atomic mass is 35.5. The molecule has 6 amide bonds. The number of carbonyl (C=O) groups excluding carboxylic acids is 6. The van der Waals surface area contributed by atoms with Gasteiger partial charge in [0.1, 0.15) is 24.7 Å². The number of aliphatic hydroxyl groups excluding tert-OH is 1. The molecule has 0 fully saturated rings. The lowest BCUT2D eigenvalue weighted by atomic mass is 10.1. The molecule has 0 bridgehead atoms. The van der Waals surface area contributed by atoms with Crippen molar-refractivity contribution in [3.05, 3.63) is 128 Å². The summed E-state index contributed by atoms with van der Waals surface area (Å²) in [6.07, 6.45) is 0. The van der Waals surface area contributed by atoms with E-state index in [1.54, 1.807) is 43.3 Å². The fourth-order valence-electron chi connectivity index (χ4n) is 7.52. The van der Waals surface area contributed by atoms with Crippen LogP contribution in [0, 0.1) is 25.5 Å². The molecule has 0 saturated heterocycles. The SMILES string of the molecule is Cc1ccc2c(c1)c(C(N)=O)nn2CC(=O)N(CC(=O)NCc1cccc(Cl)c1F)[C@H](C)CO.Cc1ccc2c(c1)c(C(N)=O)nn2CC(=O)N(CC(=O)NCc1cccc(Cl)c1F)[C@H](C)CO[Si](C)(C)C(C)(C)C.Cl. The molecule has 0 radical (unpaired) electrons. The van der Waals surface area contributed by atoms with E-state index in [4.69, 9.17) is 39.1 Å². The molecular weight excluding hydrogens is 1070 g/mol. The number of aryl methyl sites for hydroxylation is 2. The number of rotatable bonds is 20. The molecule has 24 heteroatoms. The first-order chi connectivity index (χ1) is 35.1. The van der Waals surface area contributed by atoms with Gasteiger partial charge in [-0.3, -0.25) is 38.1 Å².